The number of aliphatic hydroxyl groups is 1. The third-order valence-corrected chi connectivity index (χ3v) is 9.70. The zero-order valence-electron chi connectivity index (χ0n) is 27.5. The Hall–Kier alpha value is -3.00. The zero-order valence-corrected chi connectivity index (χ0v) is 28.3. The molecule has 46 heavy (non-hydrogen) atoms. The quantitative estimate of drug-likeness (QED) is 0.348. The van der Waals surface area contributed by atoms with Crippen LogP contribution in [0, 0.1) is 17.7 Å². The standard InChI is InChI=1S/C33H49FN4O7S/c1-22-6-8-29(39)20-31(40)45-32(23(2)7-9-30(22)44-33(41)37-14-12-36(4)13-15-37)24(3)16-25-17-26(34)19-28(18-25)38-11-10-27(21-38)35-46(5,42)43/h7,9,16-19,22-23,27,29-30,32,35,39H,6,8,10-15,20-21H2,1-5H3/b9-7-,24-16+/t22-,23-,27-,29+,30-,32-/m0/s1. The summed E-state index contributed by atoms with van der Waals surface area (Å²) in [5, 5.41) is 10.6. The second-order valence-corrected chi connectivity index (χ2v) is 14.9. The molecule has 0 bridgehead atoms. The number of anilines is 1. The molecule has 6 atom stereocenters. The van der Waals surface area contributed by atoms with Gasteiger partial charge >= 0.3 is 12.1 Å². The van der Waals surface area contributed by atoms with E-state index in [1.807, 2.05) is 50.9 Å². The maximum Gasteiger partial charge on any atom is 0.410 e. The number of likely N-dealkylation sites (N-methyl/N-ethyl adjacent to an activating group) is 1. The first kappa shape index (κ1) is 35.8. The fraction of sp³-hybridized carbons (Fsp3) is 0.636. The Balaban J connectivity index is 1.55. The summed E-state index contributed by atoms with van der Waals surface area (Å²) in [4.78, 5) is 31.8. The van der Waals surface area contributed by atoms with Crippen molar-refractivity contribution < 1.29 is 37.0 Å². The maximum atomic E-state index is 14.8. The van der Waals surface area contributed by atoms with E-state index in [4.69, 9.17) is 9.47 Å². The fourth-order valence-corrected chi connectivity index (χ4v) is 7.03. The van der Waals surface area contributed by atoms with E-state index in [-0.39, 0.29) is 30.4 Å². The minimum Gasteiger partial charge on any atom is -0.457 e. The van der Waals surface area contributed by atoms with Crippen molar-refractivity contribution in [3.05, 3.63) is 47.3 Å². The van der Waals surface area contributed by atoms with Crippen molar-refractivity contribution in [2.45, 2.75) is 70.8 Å². The third kappa shape index (κ3) is 10.5. The number of rotatable bonds is 6. The van der Waals surface area contributed by atoms with Gasteiger partial charge in [0.15, 0.2) is 0 Å². The SMILES string of the molecule is C/C(=C\c1cc(F)cc(N2CC[C@H](NS(C)(=O)=O)C2)c1)[C@H]1OC(=O)C[C@H](O)CC[C@H](C)[C@@H](OC(=O)N2CCN(C)CC2)/C=C\[C@@H]1C. The molecule has 2 saturated heterocycles. The second-order valence-electron chi connectivity index (χ2n) is 13.2. The number of cyclic esters (lactones) is 1. The van der Waals surface area contributed by atoms with E-state index in [9.17, 15) is 27.5 Å². The van der Waals surface area contributed by atoms with E-state index in [2.05, 4.69) is 9.62 Å². The summed E-state index contributed by atoms with van der Waals surface area (Å²) < 4.78 is 52.7. The molecule has 0 spiro atoms. The average Bonchev–Trinajstić information content (AvgIpc) is 3.43. The zero-order chi connectivity index (χ0) is 33.6. The summed E-state index contributed by atoms with van der Waals surface area (Å²) in [5.41, 5.74) is 1.87. The summed E-state index contributed by atoms with van der Waals surface area (Å²) in [7, 11) is -1.34. The Morgan fingerprint density at radius 3 is 2.50 bits per heavy atom. The lowest BCUT2D eigenvalue weighted by Crippen LogP contribution is -2.48. The first-order valence-corrected chi connectivity index (χ1v) is 18.0. The van der Waals surface area contributed by atoms with Gasteiger partial charge in [0.05, 0.1) is 18.8 Å². The predicted molar refractivity (Wildman–Crippen MR) is 175 cm³/mol. The molecule has 1 aromatic carbocycles. The number of amides is 1. The summed E-state index contributed by atoms with van der Waals surface area (Å²) >= 11 is 0. The van der Waals surface area contributed by atoms with Gasteiger partial charge in [-0.15, -0.1) is 0 Å². The number of esters is 1. The molecule has 3 aliphatic rings. The van der Waals surface area contributed by atoms with Gasteiger partial charge in [-0.25, -0.2) is 22.3 Å². The monoisotopic (exact) mass is 664 g/mol. The van der Waals surface area contributed by atoms with Crippen LogP contribution in [-0.4, -0.2) is 112 Å². The Morgan fingerprint density at radius 1 is 1.09 bits per heavy atom. The topological polar surface area (TPSA) is 129 Å². The van der Waals surface area contributed by atoms with Crippen LogP contribution in [-0.2, 0) is 24.3 Å². The highest BCUT2D eigenvalue weighted by Gasteiger charge is 2.30. The Kier molecular flexibility index (Phi) is 12.3. The van der Waals surface area contributed by atoms with Crippen LogP contribution in [0.3, 0.4) is 0 Å². The minimum atomic E-state index is -3.36. The predicted octanol–water partition coefficient (Wildman–Crippen LogP) is 3.39. The largest absolute Gasteiger partial charge is 0.457 e. The molecule has 0 saturated carbocycles. The van der Waals surface area contributed by atoms with Crippen LogP contribution >= 0.6 is 0 Å². The highest BCUT2D eigenvalue weighted by molar-refractivity contribution is 7.88. The number of carbonyl (C=O) groups excluding carboxylic acids is 2. The fourth-order valence-electron chi connectivity index (χ4n) is 6.23. The smallest absolute Gasteiger partial charge is 0.410 e. The number of nitrogens with zero attached hydrogens (tertiary/aromatic N) is 3. The number of sulfonamides is 1. The van der Waals surface area contributed by atoms with Crippen LogP contribution < -0.4 is 9.62 Å². The van der Waals surface area contributed by atoms with E-state index < -0.39 is 40.1 Å². The lowest BCUT2D eigenvalue weighted by Gasteiger charge is -2.33. The van der Waals surface area contributed by atoms with E-state index in [0.717, 1.165) is 19.3 Å². The van der Waals surface area contributed by atoms with Gasteiger partial charge in [-0.2, -0.15) is 0 Å². The number of hydrogen-bond donors (Lipinski definition) is 2. The molecular formula is C33H49FN4O7S. The van der Waals surface area contributed by atoms with Crippen molar-refractivity contribution in [1.29, 1.82) is 0 Å². The van der Waals surface area contributed by atoms with Gasteiger partial charge in [0.1, 0.15) is 18.0 Å². The molecule has 1 amide bonds. The number of halogens is 1. The van der Waals surface area contributed by atoms with Gasteiger partial charge in [-0.3, -0.25) is 4.79 Å². The molecule has 13 heteroatoms. The van der Waals surface area contributed by atoms with E-state index >= 15 is 0 Å². The number of hydrogen-bond acceptors (Lipinski definition) is 9. The average molecular weight is 665 g/mol. The van der Waals surface area contributed by atoms with E-state index in [1.54, 1.807) is 11.0 Å². The number of carbonyl (C=O) groups is 2. The second kappa shape index (κ2) is 15.7. The van der Waals surface area contributed by atoms with Crippen molar-refractivity contribution in [3.8, 4) is 0 Å². The van der Waals surface area contributed by atoms with Crippen LogP contribution in [0.15, 0.2) is 35.9 Å². The van der Waals surface area contributed by atoms with E-state index in [1.165, 1.54) is 12.1 Å². The molecule has 3 aliphatic heterocycles. The van der Waals surface area contributed by atoms with Crippen molar-refractivity contribution in [3.63, 3.8) is 0 Å². The molecule has 2 N–H and O–H groups in total. The number of piperazine rings is 1. The third-order valence-electron chi connectivity index (χ3n) is 8.94. The van der Waals surface area contributed by atoms with Crippen molar-refractivity contribution >= 4 is 33.8 Å². The summed E-state index contributed by atoms with van der Waals surface area (Å²) in [6.07, 6.45) is 5.45. The number of benzene rings is 1. The van der Waals surface area contributed by atoms with Crippen LogP contribution in [0.1, 0.15) is 52.0 Å². The van der Waals surface area contributed by atoms with Crippen LogP contribution in [0.25, 0.3) is 6.08 Å². The lowest BCUT2D eigenvalue weighted by molar-refractivity contribution is -0.151. The normalized spacial score (nSPS) is 29.9. The molecule has 3 heterocycles. The molecule has 1 aromatic rings. The van der Waals surface area contributed by atoms with E-state index in [0.29, 0.717) is 62.3 Å². The molecular weight excluding hydrogens is 615 g/mol. The molecule has 0 radical (unpaired) electrons. The Morgan fingerprint density at radius 2 is 1.80 bits per heavy atom. The maximum absolute atomic E-state index is 14.8. The molecule has 256 valence electrons. The lowest BCUT2D eigenvalue weighted by atomic mass is 9.91. The Labute approximate surface area is 272 Å². The highest BCUT2D eigenvalue weighted by atomic mass is 32.2. The first-order chi connectivity index (χ1) is 21.7. The minimum absolute atomic E-state index is 0.0939. The summed E-state index contributed by atoms with van der Waals surface area (Å²) in [5.74, 6) is -1.40. The highest BCUT2D eigenvalue weighted by Crippen LogP contribution is 2.28. The number of ether oxygens (including phenoxy) is 2. The molecule has 11 nitrogen and oxygen atoms in total. The van der Waals surface area contributed by atoms with Gasteiger partial charge in [-0.05, 0) is 74.6 Å². The van der Waals surface area contributed by atoms with Crippen molar-refractivity contribution in [1.82, 2.24) is 14.5 Å². The van der Waals surface area contributed by atoms with Gasteiger partial charge < -0.3 is 29.3 Å². The van der Waals surface area contributed by atoms with Crippen LogP contribution in [0.4, 0.5) is 14.9 Å². The van der Waals surface area contributed by atoms with Gasteiger partial charge in [0, 0.05) is 56.9 Å². The number of aliphatic hydroxyl groups excluding tert-OH is 1. The van der Waals surface area contributed by atoms with Crippen LogP contribution in [0.5, 0.6) is 0 Å². The van der Waals surface area contributed by atoms with Crippen LogP contribution in [0.2, 0.25) is 0 Å². The van der Waals surface area contributed by atoms with Crippen molar-refractivity contribution in [2.24, 2.45) is 11.8 Å². The first-order valence-electron chi connectivity index (χ1n) is 16.1. The van der Waals surface area contributed by atoms with Gasteiger partial charge in [0.25, 0.3) is 0 Å². The molecule has 2 fully saturated rings. The molecule has 0 aliphatic carbocycles. The van der Waals surface area contributed by atoms with Gasteiger partial charge in [-0.1, -0.05) is 26.0 Å². The molecule has 4 rings (SSSR count). The Bertz CT molecular complexity index is 1400. The summed E-state index contributed by atoms with van der Waals surface area (Å²) in [6.45, 7) is 9.40. The molecule has 0 aromatic heterocycles. The summed E-state index contributed by atoms with van der Waals surface area (Å²) in [6, 6.07) is 4.38. The van der Waals surface area contributed by atoms with Crippen molar-refractivity contribution in [2.75, 3.05) is 57.5 Å². The molecule has 0 unspecified atom stereocenters. The van der Waals surface area contributed by atoms with Gasteiger partial charge in [0.2, 0.25) is 10.0 Å². The number of nitrogens with one attached hydrogen (secondary N) is 1.